The molecular weight excluding hydrogens is 308 g/mol. The normalized spacial score (nSPS) is 11.2. The number of H-pyrrole nitrogens is 1. The molecule has 0 bridgehead atoms. The van der Waals surface area contributed by atoms with Gasteiger partial charge in [-0.3, -0.25) is 4.79 Å². The van der Waals surface area contributed by atoms with E-state index in [2.05, 4.69) is 9.97 Å². The van der Waals surface area contributed by atoms with Crippen LogP contribution in [0.5, 0.6) is 0 Å². The Morgan fingerprint density at radius 1 is 1.12 bits per heavy atom. The van der Waals surface area contributed by atoms with Crippen molar-refractivity contribution < 1.29 is 14.3 Å². The zero-order valence-electron chi connectivity index (χ0n) is 12.4. The summed E-state index contributed by atoms with van der Waals surface area (Å²) in [6.45, 7) is 0. The number of hydrogen-bond acceptors (Lipinski definition) is 5. The van der Waals surface area contributed by atoms with Gasteiger partial charge in [0, 0.05) is 17.4 Å². The Labute approximate surface area is 135 Å². The zero-order chi connectivity index (χ0) is 16.7. The number of nitrogens with one attached hydrogen (secondary N) is 1. The lowest BCUT2D eigenvalue weighted by Crippen LogP contribution is -2.24. The van der Waals surface area contributed by atoms with Crippen molar-refractivity contribution in [2.24, 2.45) is 0 Å². The minimum absolute atomic E-state index is 0.0808. The van der Waals surface area contributed by atoms with Crippen LogP contribution in [0.15, 0.2) is 57.7 Å². The van der Waals surface area contributed by atoms with Crippen molar-refractivity contribution in [2.45, 2.75) is 6.42 Å². The molecule has 0 unspecified atom stereocenters. The number of aromatic carboxylic acids is 1. The minimum atomic E-state index is -1.26. The summed E-state index contributed by atoms with van der Waals surface area (Å²) in [5.74, 6) is -0.893. The molecule has 0 aliphatic heterocycles. The molecule has 24 heavy (non-hydrogen) atoms. The lowest BCUT2D eigenvalue weighted by molar-refractivity contribution is -0.255. The molecule has 0 saturated heterocycles. The first-order valence-electron chi connectivity index (χ1n) is 7.33. The largest absolute Gasteiger partial charge is 0.545 e. The van der Waals surface area contributed by atoms with Gasteiger partial charge in [-0.05, 0) is 17.7 Å². The Kier molecular flexibility index (Phi) is 3.16. The fourth-order valence-corrected chi connectivity index (χ4v) is 2.79. The van der Waals surface area contributed by atoms with Crippen molar-refractivity contribution >= 4 is 28.0 Å². The predicted molar refractivity (Wildman–Crippen MR) is 85.7 cm³/mol. The summed E-state index contributed by atoms with van der Waals surface area (Å²) in [7, 11) is 0. The number of rotatable bonds is 3. The van der Waals surface area contributed by atoms with Crippen molar-refractivity contribution in [2.75, 3.05) is 0 Å². The smallest absolute Gasteiger partial charge is 0.294 e. The number of benzene rings is 2. The molecule has 0 radical (unpaired) electrons. The molecule has 2 heterocycles. The lowest BCUT2D eigenvalue weighted by atomic mass is 10.0. The van der Waals surface area contributed by atoms with E-state index in [4.69, 9.17) is 4.42 Å². The van der Waals surface area contributed by atoms with Gasteiger partial charge in [0.25, 0.3) is 5.56 Å². The number of fused-ring (bicyclic) bond motifs is 3. The van der Waals surface area contributed by atoms with E-state index >= 15 is 0 Å². The minimum Gasteiger partial charge on any atom is -0.545 e. The number of nitrogens with zero attached hydrogens (tertiary/aromatic N) is 1. The second-order valence-corrected chi connectivity index (χ2v) is 5.41. The van der Waals surface area contributed by atoms with Crippen LogP contribution in [0.1, 0.15) is 21.7 Å². The third-order valence-electron chi connectivity index (χ3n) is 3.88. The summed E-state index contributed by atoms with van der Waals surface area (Å²) < 4.78 is 5.54. The summed E-state index contributed by atoms with van der Waals surface area (Å²) in [6, 6.07) is 13.7. The Balaban J connectivity index is 1.88. The number of aromatic amines is 1. The topological polar surface area (TPSA) is 99.0 Å². The standard InChI is InChI=1S/C18H12N2O4/c21-17-16-15(12-7-3-4-8-13(12)24-16)19-14(20-17)9-10-5-1-2-6-11(10)18(22)23/h1-8H,9H2,(H,22,23)(H,19,20,21)/p-1. The van der Waals surface area contributed by atoms with Gasteiger partial charge in [-0.1, -0.05) is 36.4 Å². The monoisotopic (exact) mass is 319 g/mol. The molecule has 0 amide bonds. The molecule has 6 heteroatoms. The molecule has 0 spiro atoms. The number of carboxylic acids is 1. The molecule has 4 aromatic rings. The SMILES string of the molecule is O=C([O-])c1ccccc1Cc1nc2c(oc3ccccc32)c(=O)[nH]1. The van der Waals surface area contributed by atoms with Crippen LogP contribution < -0.4 is 10.7 Å². The van der Waals surface area contributed by atoms with Crippen LogP contribution in [0.25, 0.3) is 22.1 Å². The fourth-order valence-electron chi connectivity index (χ4n) is 2.79. The summed E-state index contributed by atoms with van der Waals surface area (Å²) in [4.78, 5) is 30.6. The van der Waals surface area contributed by atoms with E-state index < -0.39 is 11.5 Å². The summed E-state index contributed by atoms with van der Waals surface area (Å²) in [5, 5.41) is 11.9. The fraction of sp³-hybridized carbons (Fsp3) is 0.0556. The van der Waals surface area contributed by atoms with Gasteiger partial charge >= 0.3 is 0 Å². The van der Waals surface area contributed by atoms with Gasteiger partial charge in [-0.25, -0.2) is 4.98 Å². The van der Waals surface area contributed by atoms with Gasteiger partial charge in [0.15, 0.2) is 0 Å². The molecule has 1 N–H and O–H groups in total. The van der Waals surface area contributed by atoms with Crippen LogP contribution in [0.2, 0.25) is 0 Å². The number of carboxylic acid groups (broad SMARTS) is 1. The van der Waals surface area contributed by atoms with Crippen molar-refractivity contribution in [1.29, 1.82) is 0 Å². The van der Waals surface area contributed by atoms with E-state index in [9.17, 15) is 14.7 Å². The van der Waals surface area contributed by atoms with E-state index in [0.29, 0.717) is 22.5 Å². The number of para-hydroxylation sites is 1. The number of furan rings is 1. The van der Waals surface area contributed by atoms with E-state index in [1.165, 1.54) is 6.07 Å². The molecule has 0 aliphatic carbocycles. The van der Waals surface area contributed by atoms with Crippen molar-refractivity contribution in [1.82, 2.24) is 9.97 Å². The Morgan fingerprint density at radius 3 is 2.71 bits per heavy atom. The van der Waals surface area contributed by atoms with Gasteiger partial charge in [-0.2, -0.15) is 0 Å². The van der Waals surface area contributed by atoms with Crippen molar-refractivity contribution in [3.8, 4) is 0 Å². The number of hydrogen-bond donors (Lipinski definition) is 1. The molecule has 0 fully saturated rings. The molecule has 2 aromatic heterocycles. The first-order chi connectivity index (χ1) is 11.6. The average molecular weight is 319 g/mol. The highest BCUT2D eigenvalue weighted by molar-refractivity contribution is 6.01. The van der Waals surface area contributed by atoms with Gasteiger partial charge in [-0.15, -0.1) is 0 Å². The van der Waals surface area contributed by atoms with Crippen LogP contribution in [0.4, 0.5) is 0 Å². The van der Waals surface area contributed by atoms with E-state index in [1.54, 1.807) is 24.3 Å². The van der Waals surface area contributed by atoms with E-state index in [-0.39, 0.29) is 17.6 Å². The van der Waals surface area contributed by atoms with Gasteiger partial charge < -0.3 is 19.3 Å². The molecule has 0 aliphatic rings. The first kappa shape index (κ1) is 14.2. The van der Waals surface area contributed by atoms with Crippen LogP contribution in [-0.2, 0) is 6.42 Å². The Morgan fingerprint density at radius 2 is 1.88 bits per heavy atom. The van der Waals surface area contributed by atoms with Gasteiger partial charge in [0.1, 0.15) is 16.9 Å². The molecule has 4 rings (SSSR count). The van der Waals surface area contributed by atoms with Crippen molar-refractivity contribution in [3.63, 3.8) is 0 Å². The molecule has 6 nitrogen and oxygen atoms in total. The quantitative estimate of drug-likeness (QED) is 0.618. The van der Waals surface area contributed by atoms with Crippen LogP contribution in [0.3, 0.4) is 0 Å². The number of carbonyl (C=O) groups is 1. The molecule has 0 atom stereocenters. The predicted octanol–water partition coefficient (Wildman–Crippen LogP) is 1.62. The first-order valence-corrected chi connectivity index (χ1v) is 7.33. The molecular formula is C18H11N2O4-. The molecule has 0 saturated carbocycles. The molecule has 2 aromatic carbocycles. The third-order valence-corrected chi connectivity index (χ3v) is 3.88. The maximum Gasteiger partial charge on any atom is 0.294 e. The highest BCUT2D eigenvalue weighted by atomic mass is 16.4. The Hall–Kier alpha value is -3.41. The third kappa shape index (κ3) is 2.25. The Bertz CT molecular complexity index is 1140. The second kappa shape index (κ2) is 5.34. The highest BCUT2D eigenvalue weighted by Crippen LogP contribution is 2.24. The summed E-state index contributed by atoms with van der Waals surface area (Å²) >= 11 is 0. The maximum absolute atomic E-state index is 12.3. The number of aromatic nitrogens is 2. The van der Waals surface area contributed by atoms with Crippen LogP contribution >= 0.6 is 0 Å². The lowest BCUT2D eigenvalue weighted by Gasteiger charge is -2.09. The summed E-state index contributed by atoms with van der Waals surface area (Å²) in [5.41, 5.74) is 1.42. The maximum atomic E-state index is 12.3. The average Bonchev–Trinajstić information content (AvgIpc) is 2.95. The van der Waals surface area contributed by atoms with Crippen LogP contribution in [-0.4, -0.2) is 15.9 Å². The van der Waals surface area contributed by atoms with Crippen molar-refractivity contribution in [3.05, 3.63) is 75.8 Å². The highest BCUT2D eigenvalue weighted by Gasteiger charge is 2.14. The van der Waals surface area contributed by atoms with E-state index in [0.717, 1.165) is 5.39 Å². The van der Waals surface area contributed by atoms with E-state index in [1.807, 2.05) is 18.2 Å². The van der Waals surface area contributed by atoms with Crippen LogP contribution in [0, 0.1) is 0 Å². The number of carbonyl (C=O) groups excluding carboxylic acids is 1. The molecule has 118 valence electrons. The summed E-state index contributed by atoms with van der Waals surface area (Å²) in [6.07, 6.45) is 0.175. The van der Waals surface area contributed by atoms with Gasteiger partial charge in [0.2, 0.25) is 5.58 Å². The van der Waals surface area contributed by atoms with Gasteiger partial charge in [0.05, 0.1) is 5.97 Å². The second-order valence-electron chi connectivity index (χ2n) is 5.41. The zero-order valence-corrected chi connectivity index (χ0v) is 12.4.